The zero-order chi connectivity index (χ0) is 17.5. The molecule has 0 unspecified atom stereocenters. The van der Waals surface area contributed by atoms with Gasteiger partial charge in [0.2, 0.25) is 0 Å². The molecular weight excluding hydrogens is 323 g/mol. The topological polar surface area (TPSA) is 69.0 Å². The monoisotopic (exact) mass is 340 g/mol. The van der Waals surface area contributed by atoms with Gasteiger partial charge in [-0.05, 0) is 30.7 Å². The van der Waals surface area contributed by atoms with E-state index >= 15 is 0 Å². The van der Waals surface area contributed by atoms with Crippen molar-refractivity contribution < 1.29 is 13.9 Å². The van der Waals surface area contributed by atoms with E-state index < -0.39 is 11.8 Å². The van der Waals surface area contributed by atoms with E-state index in [4.69, 9.17) is 4.74 Å². The van der Waals surface area contributed by atoms with Gasteiger partial charge in [0.25, 0.3) is 0 Å². The molecule has 2 heterocycles. The maximum atomic E-state index is 13.8. The fraction of sp³-hybridized carbons (Fsp3) is 0.167. The highest BCUT2D eigenvalue weighted by Crippen LogP contribution is 2.21. The fourth-order valence-corrected chi connectivity index (χ4v) is 2.27. The number of halogens is 1. The van der Waals surface area contributed by atoms with Crippen molar-refractivity contribution in [2.75, 3.05) is 11.9 Å². The van der Waals surface area contributed by atoms with Crippen molar-refractivity contribution in [3.05, 3.63) is 72.7 Å². The zero-order valence-electron chi connectivity index (χ0n) is 13.4. The Morgan fingerprint density at radius 1 is 1.20 bits per heavy atom. The average Bonchev–Trinajstić information content (AvgIpc) is 3.14. The first-order valence-corrected chi connectivity index (χ1v) is 7.83. The van der Waals surface area contributed by atoms with Crippen LogP contribution >= 0.6 is 0 Å². The first kappa shape index (κ1) is 16.6. The maximum absolute atomic E-state index is 13.8. The third-order valence-corrected chi connectivity index (χ3v) is 3.51. The van der Waals surface area contributed by atoms with Crippen LogP contribution in [0.1, 0.15) is 16.8 Å². The van der Waals surface area contributed by atoms with Gasteiger partial charge in [-0.25, -0.2) is 19.2 Å². The van der Waals surface area contributed by atoms with E-state index in [0.717, 1.165) is 0 Å². The molecule has 0 aliphatic carbocycles. The van der Waals surface area contributed by atoms with Gasteiger partial charge < -0.3 is 14.6 Å². The number of imidazole rings is 1. The third-order valence-electron chi connectivity index (χ3n) is 3.51. The lowest BCUT2D eigenvalue weighted by Crippen LogP contribution is -2.11. The lowest BCUT2D eigenvalue weighted by atomic mass is 10.2. The van der Waals surface area contributed by atoms with Crippen LogP contribution in [0.3, 0.4) is 0 Å². The quantitative estimate of drug-likeness (QED) is 0.527. The Bertz CT molecular complexity index is 837. The van der Waals surface area contributed by atoms with Crippen molar-refractivity contribution in [1.29, 1.82) is 0 Å². The molecule has 1 aromatic carbocycles. The Labute approximate surface area is 144 Å². The molecule has 0 aliphatic heterocycles. The van der Waals surface area contributed by atoms with Gasteiger partial charge in [-0.3, -0.25) is 0 Å². The molecule has 0 radical (unpaired) electrons. The second-order valence-corrected chi connectivity index (χ2v) is 5.29. The fourth-order valence-electron chi connectivity index (χ4n) is 2.27. The Balaban J connectivity index is 1.61. The molecular formula is C18H17FN4O2. The molecule has 0 fully saturated rings. The maximum Gasteiger partial charge on any atom is 0.341 e. The number of benzene rings is 1. The van der Waals surface area contributed by atoms with Crippen LogP contribution in [0.4, 0.5) is 15.9 Å². The summed E-state index contributed by atoms with van der Waals surface area (Å²) >= 11 is 0. The predicted octanol–water partition coefficient (Wildman–Crippen LogP) is 3.41. The van der Waals surface area contributed by atoms with Crippen LogP contribution in [0.2, 0.25) is 0 Å². The highest BCUT2D eigenvalue weighted by Gasteiger charge is 2.15. The molecule has 0 saturated carbocycles. The van der Waals surface area contributed by atoms with Crippen LogP contribution in [0, 0.1) is 5.82 Å². The van der Waals surface area contributed by atoms with Gasteiger partial charge in [0.1, 0.15) is 17.2 Å². The molecule has 0 saturated heterocycles. The minimum Gasteiger partial charge on any atom is -0.462 e. The second-order valence-electron chi connectivity index (χ2n) is 5.29. The number of ether oxygens (including phenoxy) is 1. The molecule has 25 heavy (non-hydrogen) atoms. The molecule has 0 spiro atoms. The Morgan fingerprint density at radius 2 is 2.08 bits per heavy atom. The first-order valence-electron chi connectivity index (χ1n) is 7.83. The van der Waals surface area contributed by atoms with E-state index in [0.29, 0.717) is 13.0 Å². The Morgan fingerprint density at radius 3 is 2.88 bits per heavy atom. The second kappa shape index (κ2) is 8.05. The van der Waals surface area contributed by atoms with Crippen LogP contribution in [0.5, 0.6) is 0 Å². The Hall–Kier alpha value is -3.22. The third kappa shape index (κ3) is 4.41. The molecule has 128 valence electrons. The van der Waals surface area contributed by atoms with Gasteiger partial charge >= 0.3 is 5.97 Å². The van der Waals surface area contributed by atoms with Crippen LogP contribution in [-0.4, -0.2) is 27.1 Å². The van der Waals surface area contributed by atoms with Crippen LogP contribution in [-0.2, 0) is 11.3 Å². The summed E-state index contributed by atoms with van der Waals surface area (Å²) in [5.74, 6) is -0.669. The van der Waals surface area contributed by atoms with Gasteiger partial charge in [0.05, 0.1) is 18.6 Å². The number of carbonyl (C=O) groups is 1. The highest BCUT2D eigenvalue weighted by atomic mass is 19.1. The number of carbonyl (C=O) groups excluding carboxylic acids is 1. The largest absolute Gasteiger partial charge is 0.462 e. The van der Waals surface area contributed by atoms with E-state index in [1.165, 1.54) is 12.3 Å². The van der Waals surface area contributed by atoms with E-state index in [-0.39, 0.29) is 23.7 Å². The van der Waals surface area contributed by atoms with Crippen molar-refractivity contribution >= 4 is 17.5 Å². The standard InChI is InChI=1S/C18H17FN4O2/c19-15-6-1-2-7-16(15)22-17-14(5-3-8-21-17)18(24)25-12-4-10-23-11-9-20-13-23/h1-3,5-9,11,13H,4,10,12H2,(H,21,22). The number of nitrogens with one attached hydrogen (secondary N) is 1. The number of hydrogen-bond donors (Lipinski definition) is 1. The number of nitrogens with zero attached hydrogens (tertiary/aromatic N) is 3. The summed E-state index contributed by atoms with van der Waals surface area (Å²) in [6.45, 7) is 0.978. The molecule has 2 aromatic heterocycles. The van der Waals surface area contributed by atoms with E-state index in [1.54, 1.807) is 42.9 Å². The summed E-state index contributed by atoms with van der Waals surface area (Å²) < 4.78 is 21.0. The molecule has 0 bridgehead atoms. The van der Waals surface area contributed by atoms with Gasteiger partial charge in [-0.1, -0.05) is 12.1 Å². The summed E-state index contributed by atoms with van der Waals surface area (Å²) in [6.07, 6.45) is 7.44. The molecule has 0 aliphatic rings. The lowest BCUT2D eigenvalue weighted by Gasteiger charge is -2.11. The zero-order valence-corrected chi connectivity index (χ0v) is 13.4. The van der Waals surface area contributed by atoms with Crippen LogP contribution in [0.25, 0.3) is 0 Å². The number of aromatic nitrogens is 3. The number of rotatable bonds is 7. The van der Waals surface area contributed by atoms with E-state index in [9.17, 15) is 9.18 Å². The highest BCUT2D eigenvalue weighted by molar-refractivity contribution is 5.95. The van der Waals surface area contributed by atoms with Crippen molar-refractivity contribution in [3.8, 4) is 0 Å². The normalized spacial score (nSPS) is 10.4. The number of para-hydroxylation sites is 1. The predicted molar refractivity (Wildman–Crippen MR) is 91.0 cm³/mol. The summed E-state index contributed by atoms with van der Waals surface area (Å²) in [6, 6.07) is 9.42. The summed E-state index contributed by atoms with van der Waals surface area (Å²) in [7, 11) is 0. The molecule has 7 heteroatoms. The molecule has 1 N–H and O–H groups in total. The minimum absolute atomic E-state index is 0.246. The lowest BCUT2D eigenvalue weighted by molar-refractivity contribution is 0.0497. The number of pyridine rings is 1. The van der Waals surface area contributed by atoms with E-state index in [1.807, 2.05) is 10.8 Å². The van der Waals surface area contributed by atoms with Crippen molar-refractivity contribution in [2.45, 2.75) is 13.0 Å². The van der Waals surface area contributed by atoms with Gasteiger partial charge in [-0.15, -0.1) is 0 Å². The number of aryl methyl sites for hydroxylation is 1. The molecule has 0 atom stereocenters. The summed E-state index contributed by atoms with van der Waals surface area (Å²) in [5.41, 5.74) is 0.503. The molecule has 3 rings (SSSR count). The molecule has 0 amide bonds. The molecule has 6 nitrogen and oxygen atoms in total. The minimum atomic E-state index is -0.502. The van der Waals surface area contributed by atoms with Crippen molar-refractivity contribution in [2.24, 2.45) is 0 Å². The van der Waals surface area contributed by atoms with Crippen molar-refractivity contribution in [1.82, 2.24) is 14.5 Å². The van der Waals surface area contributed by atoms with E-state index in [2.05, 4.69) is 15.3 Å². The van der Waals surface area contributed by atoms with Gasteiger partial charge in [-0.2, -0.15) is 0 Å². The van der Waals surface area contributed by atoms with Gasteiger partial charge in [0, 0.05) is 25.1 Å². The number of anilines is 2. The number of hydrogen-bond acceptors (Lipinski definition) is 5. The summed E-state index contributed by atoms with van der Waals surface area (Å²) in [4.78, 5) is 20.4. The average molecular weight is 340 g/mol. The van der Waals surface area contributed by atoms with Gasteiger partial charge in [0.15, 0.2) is 0 Å². The number of esters is 1. The van der Waals surface area contributed by atoms with Crippen molar-refractivity contribution in [3.63, 3.8) is 0 Å². The van der Waals surface area contributed by atoms with Crippen LogP contribution < -0.4 is 5.32 Å². The summed E-state index contributed by atoms with van der Waals surface area (Å²) in [5, 5.41) is 2.84. The first-order chi connectivity index (χ1) is 12.2. The molecule has 3 aromatic rings. The Kier molecular flexibility index (Phi) is 5.36. The smallest absolute Gasteiger partial charge is 0.341 e. The SMILES string of the molecule is O=C(OCCCn1ccnc1)c1cccnc1Nc1ccccc1F. The van der Waals surface area contributed by atoms with Crippen LogP contribution in [0.15, 0.2) is 61.3 Å².